The first-order valence-corrected chi connectivity index (χ1v) is 5.79. The number of fused-ring (bicyclic) bond motifs is 1. The van der Waals surface area contributed by atoms with Crippen LogP contribution in [0, 0.1) is 5.92 Å². The van der Waals surface area contributed by atoms with E-state index in [1.165, 1.54) is 11.0 Å². The van der Waals surface area contributed by atoms with Gasteiger partial charge in [-0.25, -0.2) is 0 Å². The first-order valence-electron chi connectivity index (χ1n) is 5.79. The standard InChI is InChI=1S/C13H12F3NO2/c1-7(2)6-17-10-4-3-8(13(14,15)16)5-9(10)11(18)12(17)19/h3-5,7H,6H2,1-2H3. The summed E-state index contributed by atoms with van der Waals surface area (Å²) in [6.07, 6.45) is -4.52. The van der Waals surface area contributed by atoms with Gasteiger partial charge in [0.15, 0.2) is 0 Å². The average molecular weight is 271 g/mol. The van der Waals surface area contributed by atoms with Crippen LogP contribution in [0.25, 0.3) is 0 Å². The van der Waals surface area contributed by atoms with Gasteiger partial charge in [-0.05, 0) is 24.1 Å². The smallest absolute Gasteiger partial charge is 0.305 e. The quantitative estimate of drug-likeness (QED) is 0.776. The fourth-order valence-corrected chi connectivity index (χ4v) is 2.02. The number of hydrogen-bond acceptors (Lipinski definition) is 2. The van der Waals surface area contributed by atoms with Gasteiger partial charge in [-0.15, -0.1) is 0 Å². The molecule has 3 nitrogen and oxygen atoms in total. The van der Waals surface area contributed by atoms with Gasteiger partial charge in [-0.1, -0.05) is 13.8 Å². The molecule has 0 saturated carbocycles. The number of benzene rings is 1. The largest absolute Gasteiger partial charge is 0.416 e. The van der Waals surface area contributed by atoms with Crippen LogP contribution in [-0.4, -0.2) is 18.2 Å². The molecule has 0 saturated heterocycles. The maximum Gasteiger partial charge on any atom is 0.416 e. The molecule has 1 aliphatic rings. The monoisotopic (exact) mass is 271 g/mol. The molecule has 0 atom stereocenters. The Balaban J connectivity index is 2.47. The lowest BCUT2D eigenvalue weighted by Gasteiger charge is -2.19. The van der Waals surface area contributed by atoms with Crippen molar-refractivity contribution >= 4 is 17.4 Å². The molecule has 1 aliphatic heterocycles. The molecule has 1 aromatic rings. The zero-order valence-corrected chi connectivity index (χ0v) is 10.4. The van der Waals surface area contributed by atoms with Crippen molar-refractivity contribution in [2.45, 2.75) is 20.0 Å². The van der Waals surface area contributed by atoms with E-state index in [9.17, 15) is 22.8 Å². The second-order valence-electron chi connectivity index (χ2n) is 4.87. The second kappa shape index (κ2) is 4.36. The van der Waals surface area contributed by atoms with E-state index >= 15 is 0 Å². The molecule has 0 N–H and O–H groups in total. The third kappa shape index (κ3) is 2.34. The van der Waals surface area contributed by atoms with Crippen LogP contribution in [0.4, 0.5) is 18.9 Å². The molecule has 0 aromatic heterocycles. The minimum absolute atomic E-state index is 0.116. The van der Waals surface area contributed by atoms with Crippen LogP contribution < -0.4 is 4.90 Å². The zero-order chi connectivity index (χ0) is 14.4. The minimum atomic E-state index is -4.52. The SMILES string of the molecule is CC(C)CN1C(=O)C(=O)c2cc(C(F)(F)F)ccc21. The van der Waals surface area contributed by atoms with Crippen molar-refractivity contribution in [2.24, 2.45) is 5.92 Å². The Bertz CT molecular complexity index is 549. The van der Waals surface area contributed by atoms with Crippen molar-refractivity contribution < 1.29 is 22.8 Å². The summed E-state index contributed by atoms with van der Waals surface area (Å²) in [6.45, 7) is 4.03. The third-order valence-electron chi connectivity index (χ3n) is 2.85. The summed E-state index contributed by atoms with van der Waals surface area (Å²) in [5, 5.41) is 0. The molecule has 102 valence electrons. The van der Waals surface area contributed by atoms with Gasteiger partial charge in [0.05, 0.1) is 16.8 Å². The van der Waals surface area contributed by atoms with E-state index in [1.54, 1.807) is 0 Å². The predicted molar refractivity (Wildman–Crippen MR) is 63.0 cm³/mol. The first kappa shape index (κ1) is 13.6. The lowest BCUT2D eigenvalue weighted by atomic mass is 10.1. The van der Waals surface area contributed by atoms with Crippen LogP contribution in [0.3, 0.4) is 0 Å². The molecule has 0 unspecified atom stereocenters. The van der Waals surface area contributed by atoms with Crippen molar-refractivity contribution in [1.82, 2.24) is 0 Å². The van der Waals surface area contributed by atoms with Crippen LogP contribution in [0.1, 0.15) is 29.8 Å². The molecular weight excluding hydrogens is 259 g/mol. The normalized spacial score (nSPS) is 15.4. The molecule has 0 bridgehead atoms. The van der Waals surface area contributed by atoms with E-state index in [0.29, 0.717) is 6.54 Å². The fraction of sp³-hybridized carbons (Fsp3) is 0.385. The number of halogens is 3. The van der Waals surface area contributed by atoms with Crippen LogP contribution in [0.2, 0.25) is 0 Å². The molecule has 1 aromatic carbocycles. The number of hydrogen-bond donors (Lipinski definition) is 0. The van der Waals surface area contributed by atoms with Crippen LogP contribution in [0.15, 0.2) is 18.2 Å². The van der Waals surface area contributed by atoms with E-state index in [4.69, 9.17) is 0 Å². The highest BCUT2D eigenvalue weighted by molar-refractivity contribution is 6.52. The van der Waals surface area contributed by atoms with Crippen LogP contribution >= 0.6 is 0 Å². The number of anilines is 1. The minimum Gasteiger partial charge on any atom is -0.305 e. The highest BCUT2D eigenvalue weighted by atomic mass is 19.4. The summed E-state index contributed by atoms with van der Waals surface area (Å²) >= 11 is 0. The van der Waals surface area contributed by atoms with Crippen molar-refractivity contribution in [3.8, 4) is 0 Å². The summed E-state index contributed by atoms with van der Waals surface area (Å²) in [4.78, 5) is 24.7. The Hall–Kier alpha value is -1.85. The highest BCUT2D eigenvalue weighted by Gasteiger charge is 2.39. The van der Waals surface area contributed by atoms with Crippen molar-refractivity contribution in [3.05, 3.63) is 29.3 Å². The molecule has 1 amide bonds. The van der Waals surface area contributed by atoms with Gasteiger partial charge in [0.25, 0.3) is 11.7 Å². The molecule has 0 radical (unpaired) electrons. The number of carbonyl (C=O) groups is 2. The number of carbonyl (C=O) groups excluding carboxylic acids is 2. The Labute approximate surface area is 108 Å². The van der Waals surface area contributed by atoms with Crippen molar-refractivity contribution in [3.63, 3.8) is 0 Å². The fourth-order valence-electron chi connectivity index (χ4n) is 2.02. The Morgan fingerprint density at radius 2 is 1.84 bits per heavy atom. The predicted octanol–water partition coefficient (Wildman–Crippen LogP) is 2.89. The highest BCUT2D eigenvalue weighted by Crippen LogP contribution is 2.36. The van der Waals surface area contributed by atoms with Gasteiger partial charge in [-0.2, -0.15) is 13.2 Å². The van der Waals surface area contributed by atoms with E-state index in [0.717, 1.165) is 12.1 Å². The van der Waals surface area contributed by atoms with E-state index < -0.39 is 23.4 Å². The van der Waals surface area contributed by atoms with Gasteiger partial charge < -0.3 is 4.90 Å². The third-order valence-corrected chi connectivity index (χ3v) is 2.85. The summed E-state index contributed by atoms with van der Waals surface area (Å²) < 4.78 is 37.7. The van der Waals surface area contributed by atoms with Gasteiger partial charge in [0, 0.05) is 6.54 Å². The summed E-state index contributed by atoms with van der Waals surface area (Å²) in [6, 6.07) is 2.82. The number of amides is 1. The van der Waals surface area contributed by atoms with Crippen molar-refractivity contribution in [1.29, 1.82) is 0 Å². The molecule has 1 heterocycles. The number of alkyl halides is 3. The lowest BCUT2D eigenvalue weighted by Crippen LogP contribution is -2.32. The summed E-state index contributed by atoms with van der Waals surface area (Å²) in [5.41, 5.74) is -0.823. The first-order chi connectivity index (χ1) is 8.71. The zero-order valence-electron chi connectivity index (χ0n) is 10.4. The molecule has 6 heteroatoms. The summed E-state index contributed by atoms with van der Waals surface area (Å²) in [7, 11) is 0. The second-order valence-corrected chi connectivity index (χ2v) is 4.87. The van der Waals surface area contributed by atoms with E-state index in [1.807, 2.05) is 13.8 Å². The van der Waals surface area contributed by atoms with Crippen LogP contribution in [-0.2, 0) is 11.0 Å². The Kier molecular flexibility index (Phi) is 3.12. The van der Waals surface area contributed by atoms with Crippen LogP contribution in [0.5, 0.6) is 0 Å². The molecule has 2 rings (SSSR count). The lowest BCUT2D eigenvalue weighted by molar-refractivity contribution is -0.137. The maximum absolute atomic E-state index is 12.6. The summed E-state index contributed by atoms with van der Waals surface area (Å²) in [5.74, 6) is -1.52. The molecule has 19 heavy (non-hydrogen) atoms. The van der Waals surface area contributed by atoms with Gasteiger partial charge in [0.1, 0.15) is 0 Å². The Morgan fingerprint density at radius 3 is 2.37 bits per heavy atom. The number of nitrogens with zero attached hydrogens (tertiary/aromatic N) is 1. The number of Topliss-reactive ketones (excluding diaryl/α,β-unsaturated/α-hetero) is 1. The number of ketones is 1. The number of rotatable bonds is 2. The Morgan fingerprint density at radius 1 is 1.21 bits per heavy atom. The molecule has 0 fully saturated rings. The van der Waals surface area contributed by atoms with Gasteiger partial charge in [-0.3, -0.25) is 9.59 Å². The van der Waals surface area contributed by atoms with Gasteiger partial charge in [0.2, 0.25) is 0 Å². The van der Waals surface area contributed by atoms with E-state index in [-0.39, 0.29) is 17.2 Å². The maximum atomic E-state index is 12.6. The van der Waals surface area contributed by atoms with E-state index in [2.05, 4.69) is 0 Å². The molecular formula is C13H12F3NO2. The molecule has 0 spiro atoms. The van der Waals surface area contributed by atoms with Gasteiger partial charge >= 0.3 is 6.18 Å². The van der Waals surface area contributed by atoms with Crippen molar-refractivity contribution in [2.75, 3.05) is 11.4 Å². The molecule has 0 aliphatic carbocycles. The topological polar surface area (TPSA) is 37.4 Å². The average Bonchev–Trinajstić information content (AvgIpc) is 2.53.